The van der Waals surface area contributed by atoms with E-state index in [0.717, 1.165) is 47.5 Å². The number of anilines is 1. The number of aryl methyl sites for hydroxylation is 1. The second-order valence-electron chi connectivity index (χ2n) is 11.6. The Morgan fingerprint density at radius 3 is 2.49 bits per heavy atom. The Hall–Kier alpha value is -4.65. The number of hydrogen-bond acceptors (Lipinski definition) is 9. The second kappa shape index (κ2) is 11.1. The van der Waals surface area contributed by atoms with Crippen molar-refractivity contribution in [2.24, 2.45) is 17.8 Å². The number of nitrogens with zero attached hydrogens (tertiary/aromatic N) is 4. The van der Waals surface area contributed by atoms with Crippen molar-refractivity contribution in [3.8, 4) is 22.8 Å². The monoisotopic (exact) mass is 633 g/mol. The number of fused-ring (bicyclic) bond motifs is 4. The summed E-state index contributed by atoms with van der Waals surface area (Å²) >= 11 is 0. The van der Waals surface area contributed by atoms with Gasteiger partial charge in [0.25, 0.3) is 10.0 Å². The first-order valence-corrected chi connectivity index (χ1v) is 16.0. The van der Waals surface area contributed by atoms with Crippen molar-refractivity contribution in [2.75, 3.05) is 12.4 Å². The number of esters is 1. The van der Waals surface area contributed by atoms with Gasteiger partial charge in [-0.25, -0.2) is 36.1 Å². The molecule has 1 aromatic carbocycles. The fourth-order valence-corrected chi connectivity index (χ4v) is 8.09. The fourth-order valence-electron chi connectivity index (χ4n) is 6.77. The van der Waals surface area contributed by atoms with Gasteiger partial charge in [0, 0.05) is 23.2 Å². The molecule has 0 radical (unpaired) electrons. The molecule has 2 bridgehead atoms. The van der Waals surface area contributed by atoms with Crippen LogP contribution in [-0.4, -0.2) is 46.5 Å². The number of benzene rings is 1. The van der Waals surface area contributed by atoms with Gasteiger partial charge in [0.15, 0.2) is 28.9 Å². The summed E-state index contributed by atoms with van der Waals surface area (Å²) in [5.74, 6) is -2.37. The molecule has 4 aromatic heterocycles. The topological polar surface area (TPSA) is 129 Å². The van der Waals surface area contributed by atoms with Gasteiger partial charge in [-0.15, -0.1) is 0 Å². The van der Waals surface area contributed by atoms with Gasteiger partial charge in [0.05, 0.1) is 30.4 Å². The van der Waals surface area contributed by atoms with Crippen LogP contribution in [-0.2, 0) is 19.6 Å². The lowest BCUT2D eigenvalue weighted by atomic mass is 9.61. The highest BCUT2D eigenvalue weighted by Crippen LogP contribution is 2.47. The van der Waals surface area contributed by atoms with Crippen LogP contribution in [0.4, 0.5) is 14.6 Å². The van der Waals surface area contributed by atoms with Gasteiger partial charge in [-0.05, 0) is 74.8 Å². The molecule has 1 N–H and O–H groups in total. The molecule has 8 rings (SSSR count). The molecule has 13 heteroatoms. The van der Waals surface area contributed by atoms with Crippen LogP contribution >= 0.6 is 0 Å². The minimum absolute atomic E-state index is 0.00235. The molecule has 2 unspecified atom stereocenters. The quantitative estimate of drug-likeness (QED) is 0.216. The summed E-state index contributed by atoms with van der Waals surface area (Å²) in [6, 6.07) is 10.1. The largest absolute Gasteiger partial charge is 0.469 e. The summed E-state index contributed by atoms with van der Waals surface area (Å²) < 4.78 is 70.0. The van der Waals surface area contributed by atoms with Gasteiger partial charge in [0.2, 0.25) is 0 Å². The Kier molecular flexibility index (Phi) is 7.15. The number of rotatable bonds is 7. The van der Waals surface area contributed by atoms with E-state index in [4.69, 9.17) is 9.15 Å². The van der Waals surface area contributed by atoms with E-state index in [0.29, 0.717) is 0 Å². The molecule has 3 aliphatic rings. The van der Waals surface area contributed by atoms with Gasteiger partial charge in [-0.2, -0.15) is 0 Å². The van der Waals surface area contributed by atoms with Gasteiger partial charge in [-0.1, -0.05) is 17.7 Å². The predicted molar refractivity (Wildman–Crippen MR) is 161 cm³/mol. The van der Waals surface area contributed by atoms with Crippen LogP contribution < -0.4 is 5.32 Å². The molecule has 0 aliphatic heterocycles. The smallest absolute Gasteiger partial charge is 0.311 e. The lowest BCUT2D eigenvalue weighted by molar-refractivity contribution is -0.152. The minimum Gasteiger partial charge on any atom is -0.469 e. The maximum atomic E-state index is 16.2. The Morgan fingerprint density at radius 1 is 1.07 bits per heavy atom. The van der Waals surface area contributed by atoms with Crippen LogP contribution in [0.15, 0.2) is 70.4 Å². The Balaban J connectivity index is 1.41. The summed E-state index contributed by atoms with van der Waals surface area (Å²) in [6.45, 7) is 1.84. The lowest BCUT2D eigenvalue weighted by Gasteiger charge is -2.47. The number of pyridine rings is 1. The molecule has 232 valence electrons. The van der Waals surface area contributed by atoms with E-state index in [-0.39, 0.29) is 62.4 Å². The van der Waals surface area contributed by atoms with Crippen molar-refractivity contribution >= 4 is 32.8 Å². The van der Waals surface area contributed by atoms with Gasteiger partial charge >= 0.3 is 5.97 Å². The highest BCUT2D eigenvalue weighted by molar-refractivity contribution is 7.90. The van der Waals surface area contributed by atoms with E-state index in [1.165, 1.54) is 37.8 Å². The summed E-state index contributed by atoms with van der Waals surface area (Å²) in [5, 5.41) is 3.31. The molecule has 0 amide bonds. The van der Waals surface area contributed by atoms with Crippen LogP contribution in [0.3, 0.4) is 0 Å². The van der Waals surface area contributed by atoms with Crippen LogP contribution in [0.25, 0.3) is 33.9 Å². The molecule has 2 atom stereocenters. The molecule has 45 heavy (non-hydrogen) atoms. The minimum atomic E-state index is -4.19. The highest BCUT2D eigenvalue weighted by atomic mass is 32.2. The van der Waals surface area contributed by atoms with Crippen LogP contribution in [0.5, 0.6) is 0 Å². The van der Waals surface area contributed by atoms with E-state index in [2.05, 4.69) is 20.3 Å². The number of carbonyl (C=O) groups excluding carboxylic acids is 1. The van der Waals surface area contributed by atoms with Crippen molar-refractivity contribution in [3.63, 3.8) is 0 Å². The number of furan rings is 1. The molecule has 3 saturated carbocycles. The average molecular weight is 634 g/mol. The first-order valence-electron chi connectivity index (χ1n) is 14.6. The zero-order chi connectivity index (χ0) is 31.5. The van der Waals surface area contributed by atoms with Crippen LogP contribution in [0, 0.1) is 36.3 Å². The van der Waals surface area contributed by atoms with Crippen molar-refractivity contribution < 1.29 is 31.1 Å². The molecule has 4 heterocycles. The predicted octanol–water partition coefficient (Wildman–Crippen LogP) is 5.97. The third kappa shape index (κ3) is 4.95. The standard InChI is InChI=1S/C32H29F2N5O5S/c1-17-5-11-21(12-6-17)45(41,42)39-16-23(22-14-20(33)15-35-31(22)39)29-37-28(24-4-3-13-44-24)26(34)30(38-29)36-27-19-9-7-18(8-10-19)25(27)32(40)43-2/h3-6,11-16,18-19,25,27H,7-10H2,1-2H3,(H,36,37,38). The second-order valence-corrected chi connectivity index (χ2v) is 13.4. The zero-order valence-corrected chi connectivity index (χ0v) is 25.2. The third-order valence-electron chi connectivity index (χ3n) is 9.00. The number of halogens is 2. The summed E-state index contributed by atoms with van der Waals surface area (Å²) in [5.41, 5.74) is 0.746. The van der Waals surface area contributed by atoms with E-state index >= 15 is 4.39 Å². The highest BCUT2D eigenvalue weighted by Gasteiger charge is 2.48. The molecule has 10 nitrogen and oxygen atoms in total. The van der Waals surface area contributed by atoms with E-state index in [1.807, 2.05) is 6.92 Å². The van der Waals surface area contributed by atoms with Crippen molar-refractivity contribution in [2.45, 2.75) is 43.5 Å². The summed E-state index contributed by atoms with van der Waals surface area (Å²) in [7, 11) is -2.84. The molecular formula is C32H29F2N5O5S. The zero-order valence-electron chi connectivity index (χ0n) is 24.4. The van der Waals surface area contributed by atoms with Crippen LogP contribution in [0.2, 0.25) is 0 Å². The van der Waals surface area contributed by atoms with Crippen molar-refractivity contribution in [1.29, 1.82) is 0 Å². The summed E-state index contributed by atoms with van der Waals surface area (Å²) in [6.07, 6.45) is 7.05. The SMILES string of the molecule is COC(=O)C1C2CCC(CC2)C1Nc1nc(-c2cn(S(=O)(=O)c3ccc(C)cc3)c3ncc(F)cc23)nc(-c2ccco2)c1F. The average Bonchev–Trinajstić information content (AvgIpc) is 3.71. The molecular weight excluding hydrogens is 604 g/mol. The van der Waals surface area contributed by atoms with Crippen LogP contribution in [0.1, 0.15) is 31.2 Å². The molecule has 0 saturated heterocycles. The van der Waals surface area contributed by atoms with E-state index < -0.39 is 33.6 Å². The van der Waals surface area contributed by atoms with E-state index in [1.54, 1.807) is 18.2 Å². The first-order chi connectivity index (χ1) is 21.7. The normalized spacial score (nSPS) is 21.2. The third-order valence-corrected chi connectivity index (χ3v) is 10.7. The number of methoxy groups -OCH3 is 1. The molecule has 3 fully saturated rings. The van der Waals surface area contributed by atoms with Crippen molar-refractivity contribution in [3.05, 3.63) is 78.3 Å². The first kappa shape index (κ1) is 29.1. The maximum absolute atomic E-state index is 16.2. The summed E-state index contributed by atoms with van der Waals surface area (Å²) in [4.78, 5) is 26.0. The number of ether oxygens (including phenoxy) is 1. The lowest BCUT2D eigenvalue weighted by Crippen LogP contribution is -2.52. The van der Waals surface area contributed by atoms with Gasteiger partial charge < -0.3 is 14.5 Å². The fraction of sp³-hybridized carbons (Fsp3) is 0.312. The molecule has 3 aliphatic carbocycles. The van der Waals surface area contributed by atoms with E-state index in [9.17, 15) is 17.6 Å². The number of nitrogens with one attached hydrogen (secondary N) is 1. The number of carbonyl (C=O) groups is 1. The van der Waals surface area contributed by atoms with Gasteiger partial charge in [0.1, 0.15) is 11.5 Å². The Bertz CT molecular complexity index is 2020. The number of aromatic nitrogens is 4. The van der Waals surface area contributed by atoms with Crippen molar-refractivity contribution in [1.82, 2.24) is 18.9 Å². The molecule has 5 aromatic rings. The maximum Gasteiger partial charge on any atom is 0.311 e. The molecule has 0 spiro atoms. The van der Waals surface area contributed by atoms with Gasteiger partial charge in [-0.3, -0.25) is 4.79 Å². The Labute approximate surface area is 257 Å². The number of hydrogen-bond donors (Lipinski definition) is 1. The Morgan fingerprint density at radius 2 is 1.80 bits per heavy atom.